The normalized spacial score (nSPS) is 19.9. The zero-order valence-electron chi connectivity index (χ0n) is 16.7. The first-order valence-electron chi connectivity index (χ1n) is 10.9. The van der Waals surface area contributed by atoms with E-state index < -0.39 is 6.04 Å². The summed E-state index contributed by atoms with van der Waals surface area (Å²) < 4.78 is 0. The fraction of sp³-hybridized carbons (Fsp3) is 0.682. The first kappa shape index (κ1) is 20.6. The summed E-state index contributed by atoms with van der Waals surface area (Å²) in [7, 11) is 0. The van der Waals surface area contributed by atoms with E-state index in [0.29, 0.717) is 30.6 Å². The average Bonchev–Trinajstić information content (AvgIpc) is 2.74. The molecule has 4 N–H and O–H groups in total. The molecule has 6 nitrogen and oxygen atoms in total. The number of anilines is 1. The number of pyridine rings is 1. The van der Waals surface area contributed by atoms with Crippen LogP contribution in [0.2, 0.25) is 0 Å². The van der Waals surface area contributed by atoms with Gasteiger partial charge in [0.25, 0.3) is 0 Å². The van der Waals surface area contributed by atoms with Crippen LogP contribution in [-0.2, 0) is 16.1 Å². The Bertz CT molecular complexity index is 604. The van der Waals surface area contributed by atoms with Crippen LogP contribution in [0.4, 0.5) is 5.82 Å². The maximum absolute atomic E-state index is 13.1. The molecule has 1 aromatic heterocycles. The summed E-state index contributed by atoms with van der Waals surface area (Å²) in [5.74, 6) is 1.67. The molecule has 6 heteroatoms. The molecule has 3 rings (SSSR count). The van der Waals surface area contributed by atoms with Crippen molar-refractivity contribution in [2.45, 2.75) is 76.8 Å². The van der Waals surface area contributed by atoms with E-state index in [0.717, 1.165) is 5.56 Å². The lowest BCUT2D eigenvalue weighted by molar-refractivity contribution is -0.128. The second kappa shape index (κ2) is 10.4. The van der Waals surface area contributed by atoms with Crippen LogP contribution in [0.1, 0.15) is 69.8 Å². The molecule has 0 unspecified atom stereocenters. The quantitative estimate of drug-likeness (QED) is 0.598. The molecule has 2 saturated carbocycles. The Kier molecular flexibility index (Phi) is 7.69. The van der Waals surface area contributed by atoms with Gasteiger partial charge in [-0.15, -0.1) is 0 Å². The fourth-order valence-corrected chi connectivity index (χ4v) is 5.24. The van der Waals surface area contributed by atoms with Crippen LogP contribution in [0, 0.1) is 17.8 Å². The Labute approximate surface area is 168 Å². The molecule has 2 amide bonds. The summed E-state index contributed by atoms with van der Waals surface area (Å²) in [6.45, 7) is 0.394. The van der Waals surface area contributed by atoms with Gasteiger partial charge < -0.3 is 16.4 Å². The van der Waals surface area contributed by atoms with Crippen LogP contribution in [0.25, 0.3) is 0 Å². The minimum absolute atomic E-state index is 0.0786. The molecule has 0 aromatic carbocycles. The smallest absolute Gasteiger partial charge is 0.243 e. The summed E-state index contributed by atoms with van der Waals surface area (Å²) >= 11 is 0. The first-order chi connectivity index (χ1) is 13.7. The molecular formula is C22H34N4O2. The number of hydrogen-bond acceptors (Lipinski definition) is 4. The minimum Gasteiger partial charge on any atom is -0.384 e. The van der Waals surface area contributed by atoms with Crippen molar-refractivity contribution >= 4 is 18.1 Å². The standard InChI is InChI=1S/C22H34N4O2/c23-19-12-11-16(13-24-19)14-25-22(28)21(26-15-27)20(17-7-3-1-4-8-17)18-9-5-2-6-10-18/h11-13,15,17-18,20-21H,1-10,14H2,(H2,23,24)(H,25,28)(H,26,27)/t21-/m1/s1. The second-order valence-corrected chi connectivity index (χ2v) is 8.44. The molecule has 0 aliphatic heterocycles. The number of rotatable bonds is 8. The Morgan fingerprint density at radius 1 is 1.07 bits per heavy atom. The van der Waals surface area contributed by atoms with Crippen molar-refractivity contribution in [3.8, 4) is 0 Å². The van der Waals surface area contributed by atoms with Crippen molar-refractivity contribution in [1.82, 2.24) is 15.6 Å². The number of amides is 2. The zero-order chi connectivity index (χ0) is 19.8. The summed E-state index contributed by atoms with van der Waals surface area (Å²) in [4.78, 5) is 28.6. The number of hydrogen-bond donors (Lipinski definition) is 3. The average molecular weight is 387 g/mol. The number of nitrogens with zero attached hydrogens (tertiary/aromatic N) is 1. The number of aromatic nitrogens is 1. The van der Waals surface area contributed by atoms with E-state index in [9.17, 15) is 9.59 Å². The SMILES string of the molecule is Nc1ccc(CNC(=O)[C@H](NC=O)C(C2CCCCC2)C2CCCCC2)cn1. The van der Waals surface area contributed by atoms with Crippen LogP contribution < -0.4 is 16.4 Å². The molecule has 1 atom stereocenters. The molecule has 0 bridgehead atoms. The molecule has 28 heavy (non-hydrogen) atoms. The van der Waals surface area contributed by atoms with Gasteiger partial charge in [0.1, 0.15) is 11.9 Å². The molecule has 2 aliphatic carbocycles. The van der Waals surface area contributed by atoms with Crippen molar-refractivity contribution < 1.29 is 9.59 Å². The lowest BCUT2D eigenvalue weighted by atomic mass is 9.66. The van der Waals surface area contributed by atoms with Gasteiger partial charge in [-0.05, 0) is 29.4 Å². The monoisotopic (exact) mass is 386 g/mol. The predicted molar refractivity (Wildman–Crippen MR) is 110 cm³/mol. The lowest BCUT2D eigenvalue weighted by Gasteiger charge is -2.41. The number of nitrogen functional groups attached to an aromatic ring is 1. The second-order valence-electron chi connectivity index (χ2n) is 8.44. The molecular weight excluding hydrogens is 352 g/mol. The third kappa shape index (κ3) is 5.46. The van der Waals surface area contributed by atoms with Crippen molar-refractivity contribution in [1.29, 1.82) is 0 Å². The molecule has 0 spiro atoms. The molecule has 0 radical (unpaired) electrons. The van der Waals surface area contributed by atoms with E-state index in [4.69, 9.17) is 5.73 Å². The number of carbonyl (C=O) groups excluding carboxylic acids is 2. The highest BCUT2D eigenvalue weighted by atomic mass is 16.2. The maximum Gasteiger partial charge on any atom is 0.243 e. The Morgan fingerprint density at radius 3 is 2.18 bits per heavy atom. The predicted octanol–water partition coefficient (Wildman–Crippen LogP) is 3.17. The zero-order valence-corrected chi connectivity index (χ0v) is 16.7. The van der Waals surface area contributed by atoms with Crippen LogP contribution in [-0.4, -0.2) is 23.3 Å². The highest BCUT2D eigenvalue weighted by Gasteiger charge is 2.40. The van der Waals surface area contributed by atoms with Crippen molar-refractivity contribution in [3.05, 3.63) is 23.9 Å². The van der Waals surface area contributed by atoms with Gasteiger partial charge in [0, 0.05) is 12.7 Å². The first-order valence-corrected chi connectivity index (χ1v) is 10.9. The van der Waals surface area contributed by atoms with Crippen molar-refractivity contribution in [2.75, 3.05) is 5.73 Å². The molecule has 1 aromatic rings. The highest BCUT2D eigenvalue weighted by Crippen LogP contribution is 2.41. The van der Waals surface area contributed by atoms with Gasteiger partial charge in [-0.25, -0.2) is 4.98 Å². The third-order valence-electron chi connectivity index (χ3n) is 6.62. The number of carbonyl (C=O) groups is 2. The van der Waals surface area contributed by atoms with Crippen molar-refractivity contribution in [3.63, 3.8) is 0 Å². The van der Waals surface area contributed by atoms with Gasteiger partial charge in [0.05, 0.1) is 0 Å². The Morgan fingerprint density at radius 2 is 1.68 bits per heavy atom. The van der Waals surface area contributed by atoms with E-state index in [1.165, 1.54) is 64.2 Å². The Balaban J connectivity index is 1.72. The van der Waals surface area contributed by atoms with Crippen LogP contribution in [0.3, 0.4) is 0 Å². The summed E-state index contributed by atoms with van der Waals surface area (Å²) in [5.41, 5.74) is 6.53. The van der Waals surface area contributed by atoms with Crippen molar-refractivity contribution in [2.24, 2.45) is 17.8 Å². The minimum atomic E-state index is -0.453. The maximum atomic E-state index is 13.1. The van der Waals surface area contributed by atoms with E-state index in [1.807, 2.05) is 6.07 Å². The van der Waals surface area contributed by atoms with E-state index in [1.54, 1.807) is 12.3 Å². The van der Waals surface area contributed by atoms with E-state index in [-0.39, 0.29) is 11.8 Å². The summed E-state index contributed by atoms with van der Waals surface area (Å²) in [6, 6.07) is 3.14. The van der Waals surface area contributed by atoms with Crippen LogP contribution in [0.5, 0.6) is 0 Å². The van der Waals surface area contributed by atoms with Gasteiger partial charge in [-0.1, -0.05) is 70.3 Å². The number of nitrogens with one attached hydrogen (secondary N) is 2. The lowest BCUT2D eigenvalue weighted by Crippen LogP contribution is -2.53. The van der Waals surface area contributed by atoms with Gasteiger partial charge >= 0.3 is 0 Å². The molecule has 2 aliphatic rings. The molecule has 2 fully saturated rings. The molecule has 154 valence electrons. The van der Waals surface area contributed by atoms with Gasteiger partial charge in [-0.2, -0.15) is 0 Å². The van der Waals surface area contributed by atoms with Gasteiger partial charge in [0.2, 0.25) is 12.3 Å². The van der Waals surface area contributed by atoms with E-state index in [2.05, 4.69) is 15.6 Å². The summed E-state index contributed by atoms with van der Waals surface area (Å²) in [6.07, 6.45) is 14.6. The topological polar surface area (TPSA) is 97.1 Å². The Hall–Kier alpha value is -2.11. The highest BCUT2D eigenvalue weighted by molar-refractivity contribution is 5.84. The third-order valence-corrected chi connectivity index (χ3v) is 6.62. The number of nitrogens with two attached hydrogens (primary N) is 1. The fourth-order valence-electron chi connectivity index (χ4n) is 5.24. The molecule has 1 heterocycles. The van der Waals surface area contributed by atoms with Crippen LogP contribution >= 0.6 is 0 Å². The molecule has 0 saturated heterocycles. The van der Waals surface area contributed by atoms with Gasteiger partial charge in [-0.3, -0.25) is 9.59 Å². The van der Waals surface area contributed by atoms with Crippen LogP contribution in [0.15, 0.2) is 18.3 Å². The summed E-state index contributed by atoms with van der Waals surface area (Å²) in [5, 5.41) is 5.92. The van der Waals surface area contributed by atoms with E-state index >= 15 is 0 Å². The van der Waals surface area contributed by atoms with Gasteiger partial charge in [0.15, 0.2) is 0 Å². The largest absolute Gasteiger partial charge is 0.384 e.